The van der Waals surface area contributed by atoms with Gasteiger partial charge in [-0.1, -0.05) is 12.1 Å². The van der Waals surface area contributed by atoms with Crippen molar-refractivity contribution in [3.63, 3.8) is 0 Å². The van der Waals surface area contributed by atoms with Crippen molar-refractivity contribution < 1.29 is 23.7 Å². The summed E-state index contributed by atoms with van der Waals surface area (Å²) >= 11 is 0. The van der Waals surface area contributed by atoms with Crippen LogP contribution in [0, 0.1) is 5.82 Å². The molecule has 128 valence electrons. The Morgan fingerprint density at radius 1 is 1.30 bits per heavy atom. The first kappa shape index (κ1) is 16.6. The van der Waals surface area contributed by atoms with Crippen molar-refractivity contribution in [1.29, 1.82) is 0 Å². The molecule has 1 atom stereocenters. The number of halogens is 1. The predicted octanol–water partition coefficient (Wildman–Crippen LogP) is 1.58. The zero-order chi connectivity index (χ0) is 16.1. The Balaban J connectivity index is 1.49. The van der Waals surface area contributed by atoms with Crippen LogP contribution in [-0.2, 0) is 16.0 Å². The molecule has 1 unspecified atom stereocenters. The van der Waals surface area contributed by atoms with Crippen LogP contribution in [-0.4, -0.2) is 61.7 Å². The lowest BCUT2D eigenvalue weighted by Crippen LogP contribution is -2.37. The number of para-hydroxylation sites is 1. The molecule has 3 rings (SSSR count). The van der Waals surface area contributed by atoms with Crippen molar-refractivity contribution in [3.8, 4) is 5.75 Å². The van der Waals surface area contributed by atoms with Crippen LogP contribution in [0.15, 0.2) is 18.2 Å². The van der Waals surface area contributed by atoms with Gasteiger partial charge in [-0.3, -0.25) is 4.90 Å². The van der Waals surface area contributed by atoms with Gasteiger partial charge >= 0.3 is 0 Å². The van der Waals surface area contributed by atoms with Gasteiger partial charge in [0.25, 0.3) is 0 Å². The summed E-state index contributed by atoms with van der Waals surface area (Å²) in [5.74, 6) is 0.00990. The molecule has 6 heteroatoms. The van der Waals surface area contributed by atoms with Crippen LogP contribution in [0.2, 0.25) is 0 Å². The Bertz CT molecular complexity index is 507. The molecule has 0 bridgehead atoms. The second-order valence-electron chi connectivity index (χ2n) is 6.11. The van der Waals surface area contributed by atoms with Crippen molar-refractivity contribution in [2.45, 2.75) is 31.6 Å². The Morgan fingerprint density at radius 3 is 2.96 bits per heavy atom. The molecule has 0 aliphatic carbocycles. The van der Waals surface area contributed by atoms with Crippen LogP contribution >= 0.6 is 0 Å². The van der Waals surface area contributed by atoms with E-state index in [0.29, 0.717) is 38.6 Å². The summed E-state index contributed by atoms with van der Waals surface area (Å²) in [6, 6.07) is 4.96. The highest BCUT2D eigenvalue weighted by Gasteiger charge is 2.21. The van der Waals surface area contributed by atoms with E-state index < -0.39 is 6.10 Å². The quantitative estimate of drug-likeness (QED) is 0.891. The van der Waals surface area contributed by atoms with Gasteiger partial charge in [-0.05, 0) is 18.9 Å². The first-order chi connectivity index (χ1) is 11.2. The number of nitrogens with zero attached hydrogens (tertiary/aromatic N) is 1. The van der Waals surface area contributed by atoms with Crippen molar-refractivity contribution in [2.75, 3.05) is 39.5 Å². The zero-order valence-corrected chi connectivity index (χ0v) is 13.2. The predicted molar refractivity (Wildman–Crippen MR) is 83.0 cm³/mol. The minimum atomic E-state index is -0.562. The maximum absolute atomic E-state index is 13.7. The summed E-state index contributed by atoms with van der Waals surface area (Å²) in [7, 11) is 0. The summed E-state index contributed by atoms with van der Waals surface area (Å²) in [6.45, 7) is 3.91. The van der Waals surface area contributed by atoms with Gasteiger partial charge in [0.1, 0.15) is 6.61 Å². The lowest BCUT2D eigenvalue weighted by molar-refractivity contribution is -0.0645. The maximum Gasteiger partial charge on any atom is 0.165 e. The van der Waals surface area contributed by atoms with E-state index in [9.17, 15) is 9.50 Å². The number of β-amino-alcohol motifs (C(OH)–C–C–N with tert-alkyl or cyclic N) is 1. The maximum atomic E-state index is 13.7. The number of hydrogen-bond acceptors (Lipinski definition) is 5. The van der Waals surface area contributed by atoms with Gasteiger partial charge in [0, 0.05) is 38.4 Å². The summed E-state index contributed by atoms with van der Waals surface area (Å²) in [4.78, 5) is 2.07. The van der Waals surface area contributed by atoms with Gasteiger partial charge in [0.15, 0.2) is 11.6 Å². The molecule has 0 spiro atoms. The van der Waals surface area contributed by atoms with Gasteiger partial charge in [-0.25, -0.2) is 4.39 Å². The Labute approximate surface area is 135 Å². The highest BCUT2D eigenvalue weighted by Crippen LogP contribution is 2.26. The average molecular weight is 325 g/mol. The fourth-order valence-electron chi connectivity index (χ4n) is 3.03. The van der Waals surface area contributed by atoms with E-state index in [1.54, 1.807) is 6.07 Å². The average Bonchev–Trinajstić information content (AvgIpc) is 2.77. The van der Waals surface area contributed by atoms with Gasteiger partial charge < -0.3 is 19.3 Å². The topological polar surface area (TPSA) is 51.2 Å². The number of ether oxygens (including phenoxy) is 3. The van der Waals surface area contributed by atoms with Crippen molar-refractivity contribution in [2.24, 2.45) is 0 Å². The number of hydrogen-bond donors (Lipinski definition) is 1. The van der Waals surface area contributed by atoms with Crippen LogP contribution in [0.1, 0.15) is 18.4 Å². The minimum absolute atomic E-state index is 0.181. The molecule has 1 N–H and O–H groups in total. The third kappa shape index (κ3) is 4.64. The van der Waals surface area contributed by atoms with Gasteiger partial charge in [0.2, 0.25) is 0 Å². The van der Waals surface area contributed by atoms with E-state index in [0.717, 1.165) is 31.6 Å². The molecule has 1 saturated heterocycles. The molecular weight excluding hydrogens is 301 g/mol. The van der Waals surface area contributed by atoms with Crippen molar-refractivity contribution in [1.82, 2.24) is 4.90 Å². The third-order valence-electron chi connectivity index (χ3n) is 4.26. The van der Waals surface area contributed by atoms with Gasteiger partial charge in [-0.15, -0.1) is 0 Å². The molecule has 1 aromatic rings. The molecule has 1 aromatic carbocycles. The normalized spacial score (nSPS) is 21.3. The second-order valence-corrected chi connectivity index (χ2v) is 6.11. The monoisotopic (exact) mass is 325 g/mol. The van der Waals surface area contributed by atoms with Gasteiger partial charge in [0.05, 0.1) is 18.8 Å². The minimum Gasteiger partial charge on any atom is -0.489 e. The van der Waals surface area contributed by atoms with E-state index in [1.165, 1.54) is 6.07 Å². The Kier molecular flexibility index (Phi) is 5.83. The molecule has 0 saturated carbocycles. The summed E-state index contributed by atoms with van der Waals surface area (Å²) in [5.41, 5.74) is 0.819. The van der Waals surface area contributed by atoms with E-state index in [2.05, 4.69) is 4.90 Å². The molecule has 2 heterocycles. The number of benzene rings is 1. The smallest absolute Gasteiger partial charge is 0.165 e. The summed E-state index contributed by atoms with van der Waals surface area (Å²) < 4.78 is 30.3. The zero-order valence-electron chi connectivity index (χ0n) is 13.2. The second kappa shape index (κ2) is 8.06. The molecule has 23 heavy (non-hydrogen) atoms. The fourth-order valence-corrected chi connectivity index (χ4v) is 3.03. The van der Waals surface area contributed by atoms with E-state index in [4.69, 9.17) is 14.2 Å². The molecule has 2 aliphatic rings. The SMILES string of the molecule is OC(COC1CCOCC1)CN1CCOc2c(F)cccc2C1. The highest BCUT2D eigenvalue weighted by molar-refractivity contribution is 5.35. The molecule has 2 aliphatic heterocycles. The molecule has 0 amide bonds. The number of rotatable bonds is 5. The van der Waals surface area contributed by atoms with E-state index in [1.807, 2.05) is 6.07 Å². The molecule has 1 fully saturated rings. The molecule has 0 radical (unpaired) electrons. The summed E-state index contributed by atoms with van der Waals surface area (Å²) in [6.07, 6.45) is 1.39. The number of fused-ring (bicyclic) bond motifs is 1. The third-order valence-corrected chi connectivity index (χ3v) is 4.26. The largest absolute Gasteiger partial charge is 0.489 e. The van der Waals surface area contributed by atoms with E-state index in [-0.39, 0.29) is 11.9 Å². The first-order valence-corrected chi connectivity index (χ1v) is 8.22. The fraction of sp³-hybridized carbons (Fsp3) is 0.647. The van der Waals surface area contributed by atoms with Crippen LogP contribution in [0.4, 0.5) is 4.39 Å². The first-order valence-electron chi connectivity index (χ1n) is 8.22. The molecular formula is C17H24FNO4. The lowest BCUT2D eigenvalue weighted by Gasteiger charge is -2.26. The summed E-state index contributed by atoms with van der Waals surface area (Å²) in [5, 5.41) is 10.2. The standard InChI is InChI=1S/C17H24FNO4/c18-16-3-1-2-13-10-19(6-9-22-17(13)16)11-14(20)12-23-15-4-7-21-8-5-15/h1-3,14-15,20H,4-12H2. The highest BCUT2D eigenvalue weighted by atomic mass is 19.1. The van der Waals surface area contributed by atoms with Crippen LogP contribution in [0.25, 0.3) is 0 Å². The van der Waals surface area contributed by atoms with Crippen molar-refractivity contribution in [3.05, 3.63) is 29.6 Å². The van der Waals surface area contributed by atoms with Crippen LogP contribution in [0.3, 0.4) is 0 Å². The molecule has 0 aromatic heterocycles. The molecule has 5 nitrogen and oxygen atoms in total. The number of aliphatic hydroxyl groups excluding tert-OH is 1. The Morgan fingerprint density at radius 2 is 2.13 bits per heavy atom. The lowest BCUT2D eigenvalue weighted by atomic mass is 10.1. The number of aliphatic hydroxyl groups is 1. The van der Waals surface area contributed by atoms with Crippen molar-refractivity contribution >= 4 is 0 Å². The Hall–Kier alpha value is -1.21. The van der Waals surface area contributed by atoms with Crippen LogP contribution < -0.4 is 4.74 Å². The van der Waals surface area contributed by atoms with Gasteiger partial charge in [-0.2, -0.15) is 0 Å². The van der Waals surface area contributed by atoms with E-state index >= 15 is 0 Å². The van der Waals surface area contributed by atoms with Crippen LogP contribution in [0.5, 0.6) is 5.75 Å².